The predicted molar refractivity (Wildman–Crippen MR) is 107 cm³/mol. The van der Waals surface area contributed by atoms with Crippen LogP contribution in [0.5, 0.6) is 5.75 Å². The Hall–Kier alpha value is -2.25. The third-order valence-electron chi connectivity index (χ3n) is 2.82. The maximum Gasteiger partial charge on any atom is 0.511 e. The Morgan fingerprint density at radius 1 is 1.15 bits per heavy atom. The van der Waals surface area contributed by atoms with Crippen LogP contribution in [0.2, 0.25) is 5.11 Å². The quantitative estimate of drug-likeness (QED) is 0.257. The Morgan fingerprint density at radius 2 is 1.67 bits per heavy atom. The lowest BCUT2D eigenvalue weighted by Gasteiger charge is -2.16. The molecular weight excluding hydrogens is 347 g/mol. The van der Waals surface area contributed by atoms with E-state index in [1.807, 2.05) is 6.92 Å². The summed E-state index contributed by atoms with van der Waals surface area (Å²) in [6.07, 6.45) is 3.09. The molecule has 0 spiro atoms. The zero-order valence-electron chi connectivity index (χ0n) is 16.0. The Labute approximate surface area is 164 Å². The second kappa shape index (κ2) is 14.9. The first-order chi connectivity index (χ1) is 12.4. The van der Waals surface area contributed by atoms with E-state index in [0.717, 1.165) is 37.8 Å². The van der Waals surface area contributed by atoms with Crippen molar-refractivity contribution in [3.63, 3.8) is 0 Å². The molecule has 142 valence electrons. The van der Waals surface area contributed by atoms with Gasteiger partial charge in [-0.15, -0.1) is 5.11 Å². The van der Waals surface area contributed by atoms with E-state index in [0.29, 0.717) is 12.2 Å². The number of carbonyl (C=O) groups excluding carboxylic acids is 1. The van der Waals surface area contributed by atoms with Crippen LogP contribution in [0.1, 0.15) is 52.9 Å². The number of hydrogen-bond acceptors (Lipinski definition) is 5. The number of carboxylic acid groups (broad SMARTS) is 1. The van der Waals surface area contributed by atoms with Gasteiger partial charge in [-0.1, -0.05) is 33.1 Å². The molecule has 1 rings (SSSR count). The third-order valence-corrected chi connectivity index (χ3v) is 2.82. The molecular formula is C17H24B3NO6. The summed E-state index contributed by atoms with van der Waals surface area (Å²) in [6.45, 7) is 5.71. The second-order valence-corrected chi connectivity index (χ2v) is 5.79. The summed E-state index contributed by atoms with van der Waals surface area (Å²) in [6, 6.07) is 4.76. The molecule has 7 nitrogen and oxygen atoms in total. The number of nitro groups is 1. The molecule has 0 saturated heterocycles. The molecule has 27 heavy (non-hydrogen) atoms. The summed E-state index contributed by atoms with van der Waals surface area (Å²) in [5.74, 6) is 0.361. The highest BCUT2D eigenvalue weighted by atomic mass is 16.7. The number of benzene rings is 1. The Balaban J connectivity index is 0. The summed E-state index contributed by atoms with van der Waals surface area (Å²) in [7, 11) is 15.6. The van der Waals surface area contributed by atoms with E-state index >= 15 is 0 Å². The zero-order chi connectivity index (χ0) is 21.5. The number of unbranched alkanes of at least 4 members (excludes halogenated alkanes) is 1. The molecule has 0 unspecified atom stereocenters. The molecule has 0 fully saturated rings. The number of hydrogen-bond donors (Lipinski definition) is 1. The van der Waals surface area contributed by atoms with E-state index in [1.165, 1.54) is 12.1 Å². The van der Waals surface area contributed by atoms with Crippen molar-refractivity contribution in [2.75, 3.05) is 0 Å². The second-order valence-electron chi connectivity index (χ2n) is 5.79. The fourth-order valence-corrected chi connectivity index (χ4v) is 1.60. The highest BCUT2D eigenvalue weighted by Gasteiger charge is 2.06. The number of nitro benzene ring substituents is 1. The molecule has 1 aromatic rings. The molecule has 0 aliphatic rings. The fourth-order valence-electron chi connectivity index (χ4n) is 1.60. The fraction of sp³-hybridized carbons (Fsp3) is 0.529. The van der Waals surface area contributed by atoms with E-state index < -0.39 is 16.2 Å². The monoisotopic (exact) mass is 371 g/mol. The zero-order valence-corrected chi connectivity index (χ0v) is 16.0. The smallest absolute Gasteiger partial charge is 0.449 e. The van der Waals surface area contributed by atoms with Crippen molar-refractivity contribution in [1.82, 2.24) is 0 Å². The van der Waals surface area contributed by atoms with Crippen molar-refractivity contribution in [1.29, 1.82) is 0 Å². The van der Waals surface area contributed by atoms with Crippen molar-refractivity contribution in [2.24, 2.45) is 0 Å². The third kappa shape index (κ3) is 19.9. The van der Waals surface area contributed by atoms with Gasteiger partial charge >= 0.3 is 6.16 Å². The van der Waals surface area contributed by atoms with Gasteiger partial charge < -0.3 is 14.6 Å². The van der Waals surface area contributed by atoms with Crippen molar-refractivity contribution in [2.45, 2.75) is 58.0 Å². The van der Waals surface area contributed by atoms with Crippen LogP contribution in [0, 0.1) is 10.1 Å². The molecule has 0 bridgehead atoms. The molecule has 10 heteroatoms. The van der Waals surface area contributed by atoms with Crippen LogP contribution in [0.15, 0.2) is 24.3 Å². The highest BCUT2D eigenvalue weighted by molar-refractivity contribution is 6.58. The minimum atomic E-state index is -1.45. The highest BCUT2D eigenvalue weighted by Crippen LogP contribution is 2.17. The molecule has 0 aliphatic heterocycles. The molecule has 0 heterocycles. The Morgan fingerprint density at radius 3 is 1.89 bits per heavy atom. The standard InChI is InChI=1S/C7H5NO5.C6H12O.C4H7B3/c9-7(10)13-6-3-1-5(2-4-6)8(11)12;1-3-4-5-6(2)7;1-2-3-4(5,6)7/h1-4H,(H,9,10);3-5H2,1-2H3;2-3H2,1H3. The maximum atomic E-state index is 10.2. The number of carbonyl (C=O) groups is 2. The number of rotatable bonds is 7. The summed E-state index contributed by atoms with van der Waals surface area (Å²) in [4.78, 5) is 29.8. The molecule has 1 N–H and O–H groups in total. The Kier molecular flexibility index (Phi) is 14.9. The van der Waals surface area contributed by atoms with Crippen molar-refractivity contribution < 1.29 is 24.4 Å². The van der Waals surface area contributed by atoms with Crippen LogP contribution in [-0.4, -0.2) is 45.5 Å². The minimum Gasteiger partial charge on any atom is -0.449 e. The number of ketones is 1. The first kappa shape index (κ1) is 27.0. The molecule has 6 radical (unpaired) electrons. The summed E-state index contributed by atoms with van der Waals surface area (Å²) >= 11 is 0. The lowest BCUT2D eigenvalue weighted by molar-refractivity contribution is -0.384. The van der Waals surface area contributed by atoms with E-state index in [1.54, 1.807) is 6.92 Å². The summed E-state index contributed by atoms with van der Waals surface area (Å²) in [5.41, 5.74) is -0.113. The molecule has 0 atom stereocenters. The summed E-state index contributed by atoms with van der Waals surface area (Å²) in [5, 5.41) is 17.4. The number of nitrogens with zero attached hydrogens (tertiary/aromatic N) is 1. The average molecular weight is 371 g/mol. The topological polar surface area (TPSA) is 107 Å². The van der Waals surface area contributed by atoms with E-state index in [2.05, 4.69) is 11.7 Å². The van der Waals surface area contributed by atoms with E-state index in [4.69, 9.17) is 28.6 Å². The van der Waals surface area contributed by atoms with Gasteiger partial charge in [-0.25, -0.2) is 4.79 Å². The SMILES string of the molecule is CCCCC(C)=O.O=C(O)Oc1ccc([N+](=O)[O-])cc1.[B]C([B])([B])CCC. The van der Waals surface area contributed by atoms with Gasteiger partial charge in [0.1, 0.15) is 11.5 Å². The predicted octanol–water partition coefficient (Wildman–Crippen LogP) is 3.78. The van der Waals surface area contributed by atoms with Gasteiger partial charge in [0.2, 0.25) is 0 Å². The lowest BCUT2D eigenvalue weighted by Crippen LogP contribution is -2.11. The first-order valence-electron chi connectivity index (χ1n) is 8.44. The minimum absolute atomic E-state index is 0.0538. The van der Waals surface area contributed by atoms with Crippen molar-refractivity contribution in [3.8, 4) is 5.75 Å². The van der Waals surface area contributed by atoms with Crippen LogP contribution in [0.25, 0.3) is 0 Å². The van der Waals surface area contributed by atoms with Gasteiger partial charge in [-0.3, -0.25) is 10.1 Å². The van der Waals surface area contributed by atoms with Gasteiger partial charge in [0.05, 0.1) is 28.5 Å². The first-order valence-corrected chi connectivity index (χ1v) is 8.44. The number of ether oxygens (including phenoxy) is 1. The molecule has 0 saturated carbocycles. The largest absolute Gasteiger partial charge is 0.511 e. The maximum absolute atomic E-state index is 10.2. The molecule has 1 aromatic carbocycles. The number of Topliss-reactive ketones (excluding diaryl/α,β-unsaturated/α-hetero) is 1. The average Bonchev–Trinajstić information content (AvgIpc) is 2.53. The molecule has 0 amide bonds. The van der Waals surface area contributed by atoms with Crippen LogP contribution >= 0.6 is 0 Å². The van der Waals surface area contributed by atoms with E-state index in [9.17, 15) is 19.7 Å². The summed E-state index contributed by atoms with van der Waals surface area (Å²) < 4.78 is 4.24. The molecule has 0 aliphatic carbocycles. The van der Waals surface area contributed by atoms with Gasteiger partial charge in [0, 0.05) is 18.6 Å². The lowest BCUT2D eigenvalue weighted by atomic mass is 9.41. The van der Waals surface area contributed by atoms with Gasteiger partial charge in [0.25, 0.3) is 5.69 Å². The van der Waals surface area contributed by atoms with Crippen LogP contribution < -0.4 is 4.74 Å². The molecule has 0 aromatic heterocycles. The van der Waals surface area contributed by atoms with Crippen LogP contribution in [0.3, 0.4) is 0 Å². The normalized spacial score (nSPS) is 9.74. The van der Waals surface area contributed by atoms with Gasteiger partial charge in [0.15, 0.2) is 0 Å². The Bertz CT molecular complexity index is 573. The van der Waals surface area contributed by atoms with Gasteiger partial charge in [-0.2, -0.15) is 0 Å². The van der Waals surface area contributed by atoms with Crippen molar-refractivity contribution >= 4 is 41.2 Å². The van der Waals surface area contributed by atoms with Crippen LogP contribution in [-0.2, 0) is 4.79 Å². The van der Waals surface area contributed by atoms with Crippen LogP contribution in [0.4, 0.5) is 10.5 Å². The van der Waals surface area contributed by atoms with E-state index in [-0.39, 0.29) is 11.4 Å². The number of non-ortho nitro benzene ring substituents is 1. The van der Waals surface area contributed by atoms with Gasteiger partial charge in [-0.05, 0) is 25.5 Å². The van der Waals surface area contributed by atoms with Crippen molar-refractivity contribution in [3.05, 3.63) is 34.4 Å².